The summed E-state index contributed by atoms with van der Waals surface area (Å²) in [4.78, 5) is 27.2. The Morgan fingerprint density at radius 2 is 2.10 bits per heavy atom. The van der Waals surface area contributed by atoms with Crippen molar-refractivity contribution in [1.29, 1.82) is 0 Å². The van der Waals surface area contributed by atoms with Crippen molar-refractivity contribution in [3.8, 4) is 0 Å². The molecule has 112 valence electrons. The molecule has 7 nitrogen and oxygen atoms in total. The van der Waals surface area contributed by atoms with E-state index in [0.717, 1.165) is 4.88 Å². The minimum Gasteiger partial charge on any atom is -0.480 e. The standard InChI is InChI=1S/C12H19N3O4S/c1-6-8(5-7(13)9(16)17)20-10(14-6)15-11(18)19-12(2,3)4/h7H,5,13H2,1-4H3,(H,16,17)(H,14,15,18). The van der Waals surface area contributed by atoms with Crippen LogP contribution in [-0.4, -0.2) is 33.8 Å². The number of nitrogens with zero attached hydrogens (tertiary/aromatic N) is 1. The minimum absolute atomic E-state index is 0.175. The number of hydrogen-bond acceptors (Lipinski definition) is 6. The molecule has 4 N–H and O–H groups in total. The third kappa shape index (κ3) is 5.14. The first-order valence-electron chi connectivity index (χ1n) is 6.03. The largest absolute Gasteiger partial charge is 0.480 e. The van der Waals surface area contributed by atoms with Crippen molar-refractivity contribution >= 4 is 28.5 Å². The molecular weight excluding hydrogens is 282 g/mol. The van der Waals surface area contributed by atoms with Crippen molar-refractivity contribution in [3.63, 3.8) is 0 Å². The monoisotopic (exact) mass is 301 g/mol. The van der Waals surface area contributed by atoms with E-state index < -0.39 is 23.7 Å². The lowest BCUT2D eigenvalue weighted by atomic mass is 10.2. The number of aliphatic carboxylic acids is 1. The maximum Gasteiger partial charge on any atom is 0.413 e. The Hall–Kier alpha value is -1.67. The quantitative estimate of drug-likeness (QED) is 0.780. The van der Waals surface area contributed by atoms with Crippen molar-refractivity contribution < 1.29 is 19.4 Å². The zero-order chi connectivity index (χ0) is 15.5. The second-order valence-electron chi connectivity index (χ2n) is 5.30. The third-order valence-electron chi connectivity index (χ3n) is 2.22. The smallest absolute Gasteiger partial charge is 0.413 e. The fourth-order valence-corrected chi connectivity index (χ4v) is 2.36. The maximum atomic E-state index is 11.6. The molecule has 0 aromatic carbocycles. The molecule has 1 amide bonds. The van der Waals surface area contributed by atoms with Crippen LogP contribution in [0.25, 0.3) is 0 Å². The van der Waals surface area contributed by atoms with E-state index in [9.17, 15) is 9.59 Å². The highest BCUT2D eigenvalue weighted by molar-refractivity contribution is 7.15. The van der Waals surface area contributed by atoms with Crippen LogP contribution >= 0.6 is 11.3 Å². The molecule has 0 aliphatic carbocycles. The number of carboxylic acid groups (broad SMARTS) is 1. The molecule has 0 aliphatic rings. The van der Waals surface area contributed by atoms with Gasteiger partial charge in [0.2, 0.25) is 0 Å². The highest BCUT2D eigenvalue weighted by Gasteiger charge is 2.20. The van der Waals surface area contributed by atoms with E-state index in [-0.39, 0.29) is 6.42 Å². The van der Waals surface area contributed by atoms with E-state index in [1.165, 1.54) is 11.3 Å². The van der Waals surface area contributed by atoms with E-state index in [1.807, 2.05) is 0 Å². The normalized spacial score (nSPS) is 12.8. The molecule has 0 spiro atoms. The number of ether oxygens (including phenoxy) is 1. The van der Waals surface area contributed by atoms with E-state index in [2.05, 4.69) is 10.3 Å². The number of aromatic nitrogens is 1. The summed E-state index contributed by atoms with van der Waals surface area (Å²) in [5.41, 5.74) is 5.54. The van der Waals surface area contributed by atoms with Gasteiger partial charge in [-0.1, -0.05) is 0 Å². The molecule has 0 saturated heterocycles. The summed E-state index contributed by atoms with van der Waals surface area (Å²) in [6.07, 6.45) is -0.421. The van der Waals surface area contributed by atoms with E-state index in [1.54, 1.807) is 27.7 Å². The number of amides is 1. The fraction of sp³-hybridized carbons (Fsp3) is 0.583. The number of carbonyl (C=O) groups is 2. The van der Waals surface area contributed by atoms with Gasteiger partial charge in [0.25, 0.3) is 0 Å². The van der Waals surface area contributed by atoms with Crippen LogP contribution in [0.15, 0.2) is 0 Å². The zero-order valence-corrected chi connectivity index (χ0v) is 12.7. The molecule has 8 heteroatoms. The minimum atomic E-state index is -1.07. The summed E-state index contributed by atoms with van der Waals surface area (Å²) in [5, 5.41) is 11.7. The summed E-state index contributed by atoms with van der Waals surface area (Å²) in [6.45, 7) is 7.02. The zero-order valence-electron chi connectivity index (χ0n) is 11.9. The first-order valence-corrected chi connectivity index (χ1v) is 6.85. The molecule has 0 bridgehead atoms. The fourth-order valence-electron chi connectivity index (χ4n) is 1.35. The van der Waals surface area contributed by atoms with Gasteiger partial charge in [0.05, 0.1) is 5.69 Å². The molecule has 1 atom stereocenters. The summed E-state index contributed by atoms with van der Waals surface area (Å²) < 4.78 is 5.11. The van der Waals surface area contributed by atoms with Gasteiger partial charge >= 0.3 is 12.1 Å². The number of hydrogen-bond donors (Lipinski definition) is 3. The predicted molar refractivity (Wildman–Crippen MR) is 76.0 cm³/mol. The average Bonchev–Trinajstić information content (AvgIpc) is 2.55. The van der Waals surface area contributed by atoms with Crippen molar-refractivity contribution in [2.45, 2.75) is 45.8 Å². The van der Waals surface area contributed by atoms with Crippen LogP contribution in [-0.2, 0) is 16.0 Å². The molecule has 20 heavy (non-hydrogen) atoms. The Labute approximate surface area is 121 Å². The van der Waals surface area contributed by atoms with Crippen molar-refractivity contribution in [3.05, 3.63) is 10.6 Å². The van der Waals surface area contributed by atoms with Gasteiger partial charge in [-0.2, -0.15) is 0 Å². The third-order valence-corrected chi connectivity index (χ3v) is 3.32. The Bertz CT molecular complexity index is 507. The van der Waals surface area contributed by atoms with Gasteiger partial charge in [-0.15, -0.1) is 11.3 Å². The second-order valence-corrected chi connectivity index (χ2v) is 6.39. The summed E-state index contributed by atoms with van der Waals surface area (Å²) >= 11 is 1.19. The number of carboxylic acids is 1. The molecule has 0 aliphatic heterocycles. The van der Waals surface area contributed by atoms with Gasteiger partial charge in [-0.3, -0.25) is 10.1 Å². The van der Waals surface area contributed by atoms with Crippen LogP contribution < -0.4 is 11.1 Å². The highest BCUT2D eigenvalue weighted by Crippen LogP contribution is 2.24. The lowest BCUT2D eigenvalue weighted by Crippen LogP contribution is -2.32. The molecule has 0 fully saturated rings. The molecule has 0 saturated carbocycles. The molecule has 1 unspecified atom stereocenters. The number of anilines is 1. The molecule has 1 aromatic heterocycles. The van der Waals surface area contributed by atoms with Crippen LogP contribution in [0.2, 0.25) is 0 Å². The lowest BCUT2D eigenvalue weighted by Gasteiger charge is -2.18. The van der Waals surface area contributed by atoms with Crippen molar-refractivity contribution in [1.82, 2.24) is 4.98 Å². The van der Waals surface area contributed by atoms with Gasteiger partial charge in [-0.05, 0) is 27.7 Å². The van der Waals surface area contributed by atoms with Crippen LogP contribution in [0, 0.1) is 6.92 Å². The van der Waals surface area contributed by atoms with Gasteiger partial charge in [-0.25, -0.2) is 9.78 Å². The number of rotatable bonds is 4. The Morgan fingerprint density at radius 1 is 1.50 bits per heavy atom. The second kappa shape index (κ2) is 6.19. The average molecular weight is 301 g/mol. The maximum absolute atomic E-state index is 11.6. The Kier molecular flexibility index (Phi) is 5.07. The number of aryl methyl sites for hydroxylation is 1. The SMILES string of the molecule is Cc1nc(NC(=O)OC(C)(C)C)sc1CC(N)C(=O)O. The summed E-state index contributed by atoms with van der Waals surface area (Å²) in [5.74, 6) is -1.07. The number of nitrogens with one attached hydrogen (secondary N) is 1. The predicted octanol–water partition coefficient (Wildman–Crippen LogP) is 1.75. The van der Waals surface area contributed by atoms with Gasteiger partial charge in [0.15, 0.2) is 5.13 Å². The van der Waals surface area contributed by atoms with Gasteiger partial charge in [0, 0.05) is 11.3 Å². The van der Waals surface area contributed by atoms with Crippen LogP contribution in [0.3, 0.4) is 0 Å². The summed E-state index contributed by atoms with van der Waals surface area (Å²) in [6, 6.07) is -0.983. The number of nitrogens with two attached hydrogens (primary N) is 1. The molecule has 1 heterocycles. The van der Waals surface area contributed by atoms with E-state index >= 15 is 0 Å². The van der Waals surface area contributed by atoms with Gasteiger partial charge in [0.1, 0.15) is 11.6 Å². The van der Waals surface area contributed by atoms with Crippen molar-refractivity contribution in [2.24, 2.45) is 5.73 Å². The van der Waals surface area contributed by atoms with Crippen LogP contribution in [0.4, 0.5) is 9.93 Å². The van der Waals surface area contributed by atoms with Gasteiger partial charge < -0.3 is 15.6 Å². The van der Waals surface area contributed by atoms with E-state index in [0.29, 0.717) is 10.8 Å². The van der Waals surface area contributed by atoms with Crippen molar-refractivity contribution in [2.75, 3.05) is 5.32 Å². The van der Waals surface area contributed by atoms with E-state index in [4.69, 9.17) is 15.6 Å². The summed E-state index contributed by atoms with van der Waals surface area (Å²) in [7, 11) is 0. The Balaban J connectivity index is 2.70. The highest BCUT2D eigenvalue weighted by atomic mass is 32.1. The topological polar surface area (TPSA) is 115 Å². The number of thiazole rings is 1. The molecule has 1 aromatic rings. The molecule has 1 rings (SSSR count). The van der Waals surface area contributed by atoms with Crippen LogP contribution in [0.1, 0.15) is 31.3 Å². The number of carbonyl (C=O) groups excluding carboxylic acids is 1. The molecular formula is C12H19N3O4S. The first-order chi connectivity index (χ1) is 9.08. The first kappa shape index (κ1) is 16.4. The lowest BCUT2D eigenvalue weighted by molar-refractivity contribution is -0.138. The Morgan fingerprint density at radius 3 is 2.60 bits per heavy atom. The van der Waals surface area contributed by atoms with Crippen LogP contribution in [0.5, 0.6) is 0 Å². The molecule has 0 radical (unpaired) electrons.